The molecule has 1 fully saturated rings. The maximum Gasteiger partial charge on any atom is 0.408 e. The summed E-state index contributed by atoms with van der Waals surface area (Å²) < 4.78 is 10.8. The largest absolute Gasteiger partial charge is 0.480 e. The van der Waals surface area contributed by atoms with Crippen molar-refractivity contribution >= 4 is 18.0 Å². The summed E-state index contributed by atoms with van der Waals surface area (Å²) in [6.45, 7) is 12.6. The molecule has 1 saturated heterocycles. The van der Waals surface area contributed by atoms with Crippen molar-refractivity contribution in [2.45, 2.75) is 77.4 Å². The summed E-state index contributed by atoms with van der Waals surface area (Å²) in [6.07, 6.45) is 0.104. The molecule has 29 heavy (non-hydrogen) atoms. The maximum atomic E-state index is 13.2. The third kappa shape index (κ3) is 8.02. The first kappa shape index (κ1) is 24.9. The van der Waals surface area contributed by atoms with Gasteiger partial charge in [-0.1, -0.05) is 13.0 Å². The second-order valence-electron chi connectivity index (χ2n) is 8.50. The van der Waals surface area contributed by atoms with Gasteiger partial charge in [-0.3, -0.25) is 4.79 Å². The number of carbonyl (C=O) groups excluding carboxylic acids is 2. The molecule has 1 aliphatic heterocycles. The number of aliphatic hydroxyl groups excluding tert-OH is 1. The van der Waals surface area contributed by atoms with E-state index in [0.717, 1.165) is 4.90 Å². The summed E-state index contributed by atoms with van der Waals surface area (Å²) in [7, 11) is 0. The van der Waals surface area contributed by atoms with Gasteiger partial charge in [-0.15, -0.1) is 6.58 Å². The first-order valence-corrected chi connectivity index (χ1v) is 9.79. The number of alkyl carbamates (subject to hydrolysis) is 1. The molecule has 1 rings (SSSR count). The lowest BCUT2D eigenvalue weighted by Crippen LogP contribution is -2.55. The van der Waals surface area contributed by atoms with E-state index in [1.165, 1.54) is 0 Å². The average Bonchev–Trinajstić information content (AvgIpc) is 2.97. The Morgan fingerprint density at radius 3 is 2.45 bits per heavy atom. The van der Waals surface area contributed by atoms with Crippen LogP contribution >= 0.6 is 0 Å². The molecule has 2 amide bonds. The molecular weight excluding hydrogens is 380 g/mol. The molecule has 5 atom stereocenters. The molecule has 1 heterocycles. The third-order valence-electron chi connectivity index (χ3n) is 4.56. The molecule has 0 saturated carbocycles. The van der Waals surface area contributed by atoms with Crippen LogP contribution in [0.5, 0.6) is 0 Å². The normalized spacial score (nSPS) is 22.5. The first-order valence-electron chi connectivity index (χ1n) is 9.79. The number of aliphatic hydroxyl groups is 1. The minimum Gasteiger partial charge on any atom is -0.480 e. The smallest absolute Gasteiger partial charge is 0.408 e. The van der Waals surface area contributed by atoms with Crippen LogP contribution in [-0.2, 0) is 19.1 Å². The number of carboxylic acids is 1. The van der Waals surface area contributed by atoms with E-state index in [1.54, 1.807) is 33.8 Å². The number of hydrogen-bond donors (Lipinski definition) is 3. The van der Waals surface area contributed by atoms with Crippen molar-refractivity contribution in [3.8, 4) is 0 Å². The SMILES string of the molecule is C=CCO[C@@H](C)C[C@@H](C)[C@H](NC(=O)OC(C)(C)C)C(=O)N1CC(O)CC1C(=O)O. The molecule has 3 N–H and O–H groups in total. The second kappa shape index (κ2) is 10.6. The van der Waals surface area contributed by atoms with Gasteiger partial charge in [0, 0.05) is 13.0 Å². The molecule has 0 aliphatic carbocycles. The fourth-order valence-electron chi connectivity index (χ4n) is 3.31. The van der Waals surface area contributed by atoms with Crippen LogP contribution in [0.3, 0.4) is 0 Å². The Bertz CT molecular complexity index is 602. The Hall–Kier alpha value is -2.13. The average molecular weight is 414 g/mol. The van der Waals surface area contributed by atoms with E-state index < -0.39 is 41.8 Å². The lowest BCUT2D eigenvalue weighted by atomic mass is 9.94. The molecule has 0 aromatic heterocycles. The first-order chi connectivity index (χ1) is 13.4. The molecule has 2 unspecified atom stereocenters. The topological polar surface area (TPSA) is 125 Å². The summed E-state index contributed by atoms with van der Waals surface area (Å²) in [5.74, 6) is -2.13. The molecule has 9 nitrogen and oxygen atoms in total. The second-order valence-corrected chi connectivity index (χ2v) is 8.50. The van der Waals surface area contributed by atoms with E-state index in [4.69, 9.17) is 9.47 Å². The van der Waals surface area contributed by atoms with Gasteiger partial charge in [-0.25, -0.2) is 9.59 Å². The maximum absolute atomic E-state index is 13.2. The highest BCUT2D eigenvalue weighted by Gasteiger charge is 2.43. The fourth-order valence-corrected chi connectivity index (χ4v) is 3.31. The molecule has 1 aliphatic rings. The number of hydrogen-bond acceptors (Lipinski definition) is 6. The number of nitrogens with one attached hydrogen (secondary N) is 1. The van der Waals surface area contributed by atoms with Gasteiger partial charge in [-0.2, -0.15) is 0 Å². The highest BCUT2D eigenvalue weighted by Crippen LogP contribution is 2.23. The van der Waals surface area contributed by atoms with E-state index in [2.05, 4.69) is 11.9 Å². The molecule has 166 valence electrons. The van der Waals surface area contributed by atoms with Gasteiger partial charge >= 0.3 is 12.1 Å². The number of nitrogens with zero attached hydrogens (tertiary/aromatic N) is 1. The fraction of sp³-hybridized carbons (Fsp3) is 0.750. The quantitative estimate of drug-likeness (QED) is 0.489. The third-order valence-corrected chi connectivity index (χ3v) is 4.56. The van der Waals surface area contributed by atoms with Gasteiger partial charge in [0.2, 0.25) is 5.91 Å². The molecule has 0 radical (unpaired) electrons. The van der Waals surface area contributed by atoms with Gasteiger partial charge in [0.25, 0.3) is 0 Å². The number of carbonyl (C=O) groups is 3. The monoisotopic (exact) mass is 414 g/mol. The zero-order chi connectivity index (χ0) is 22.4. The predicted octanol–water partition coefficient (Wildman–Crippen LogP) is 1.54. The van der Waals surface area contributed by atoms with E-state index in [-0.39, 0.29) is 25.0 Å². The Kier molecular flexibility index (Phi) is 9.10. The highest BCUT2D eigenvalue weighted by molar-refractivity contribution is 5.90. The number of carboxylic acid groups (broad SMARTS) is 1. The van der Waals surface area contributed by atoms with E-state index in [0.29, 0.717) is 13.0 Å². The standard InChI is InChI=1S/C20H34N2O7/c1-7-8-28-13(3)9-12(2)16(21-19(27)29-20(4,5)6)17(24)22-11-14(23)10-15(22)18(25)26/h7,12-16,23H,1,8-11H2,2-6H3,(H,21,27)(H,25,26)/t12-,13+,14?,15?,16+/m1/s1. The lowest BCUT2D eigenvalue weighted by Gasteiger charge is -2.32. The van der Waals surface area contributed by atoms with Crippen molar-refractivity contribution in [1.29, 1.82) is 0 Å². The molecular formula is C20H34N2O7. The molecule has 9 heteroatoms. The van der Waals surface area contributed by atoms with Crippen LogP contribution in [0.2, 0.25) is 0 Å². The lowest BCUT2D eigenvalue weighted by molar-refractivity contribution is -0.149. The van der Waals surface area contributed by atoms with E-state index in [1.807, 2.05) is 6.92 Å². The van der Waals surface area contributed by atoms with Gasteiger partial charge in [0.1, 0.15) is 17.7 Å². The highest BCUT2D eigenvalue weighted by atomic mass is 16.6. The Labute approximate surface area is 172 Å². The van der Waals surface area contributed by atoms with Crippen molar-refractivity contribution in [2.75, 3.05) is 13.2 Å². The zero-order valence-corrected chi connectivity index (χ0v) is 17.9. The van der Waals surface area contributed by atoms with Crippen molar-refractivity contribution < 1.29 is 34.1 Å². The van der Waals surface area contributed by atoms with Crippen molar-refractivity contribution in [1.82, 2.24) is 10.2 Å². The zero-order valence-electron chi connectivity index (χ0n) is 17.9. The minimum atomic E-state index is -1.19. The molecule has 0 aromatic carbocycles. The summed E-state index contributed by atoms with van der Waals surface area (Å²) >= 11 is 0. The Balaban J connectivity index is 3.01. The number of ether oxygens (including phenoxy) is 2. The van der Waals surface area contributed by atoms with Gasteiger partial charge in [0.05, 0.1) is 18.8 Å². The minimum absolute atomic E-state index is 0.0482. The number of likely N-dealkylation sites (tertiary alicyclic amines) is 1. The number of amides is 2. The summed E-state index contributed by atoms with van der Waals surface area (Å²) in [5, 5.41) is 21.9. The summed E-state index contributed by atoms with van der Waals surface area (Å²) in [4.78, 5) is 38.1. The van der Waals surface area contributed by atoms with Gasteiger partial charge < -0.3 is 29.9 Å². The van der Waals surface area contributed by atoms with E-state index >= 15 is 0 Å². The van der Waals surface area contributed by atoms with Gasteiger partial charge in [0.15, 0.2) is 0 Å². The van der Waals surface area contributed by atoms with Crippen molar-refractivity contribution in [2.24, 2.45) is 5.92 Å². The van der Waals surface area contributed by atoms with Crippen LogP contribution < -0.4 is 5.32 Å². The molecule has 0 aromatic rings. The van der Waals surface area contributed by atoms with Gasteiger partial charge in [-0.05, 0) is 40.0 Å². The number of rotatable bonds is 9. The Morgan fingerprint density at radius 1 is 1.31 bits per heavy atom. The number of aliphatic carboxylic acids is 1. The Morgan fingerprint density at radius 2 is 1.93 bits per heavy atom. The van der Waals surface area contributed by atoms with Crippen molar-refractivity contribution in [3.05, 3.63) is 12.7 Å². The van der Waals surface area contributed by atoms with Crippen LogP contribution in [-0.4, -0.2) is 76.1 Å². The molecule has 0 bridgehead atoms. The van der Waals surface area contributed by atoms with Crippen LogP contribution in [0.15, 0.2) is 12.7 Å². The number of β-amino-alcohol motifs (C(OH)–C–C–N with tert-alkyl or cyclic N) is 1. The van der Waals surface area contributed by atoms with Crippen molar-refractivity contribution in [3.63, 3.8) is 0 Å². The van der Waals surface area contributed by atoms with Crippen LogP contribution in [0.4, 0.5) is 4.79 Å². The summed E-state index contributed by atoms with van der Waals surface area (Å²) in [6, 6.07) is -2.16. The van der Waals surface area contributed by atoms with Crippen LogP contribution in [0.25, 0.3) is 0 Å². The summed E-state index contributed by atoms with van der Waals surface area (Å²) in [5.41, 5.74) is -0.755. The predicted molar refractivity (Wildman–Crippen MR) is 106 cm³/mol. The van der Waals surface area contributed by atoms with E-state index in [9.17, 15) is 24.6 Å². The van der Waals surface area contributed by atoms with Crippen LogP contribution in [0, 0.1) is 5.92 Å². The van der Waals surface area contributed by atoms with Crippen LogP contribution in [0.1, 0.15) is 47.5 Å². The molecule has 0 spiro atoms.